The highest BCUT2D eigenvalue weighted by Crippen LogP contribution is 2.64. The van der Waals surface area contributed by atoms with E-state index in [4.69, 9.17) is 0 Å². The van der Waals surface area contributed by atoms with Gasteiger partial charge in [0, 0.05) is 0 Å². The lowest BCUT2D eigenvalue weighted by Crippen LogP contribution is -2.27. The molecule has 0 aliphatic heterocycles. The summed E-state index contributed by atoms with van der Waals surface area (Å²) in [4.78, 5) is 0. The largest absolute Gasteiger partial charge is 0.317 e. The van der Waals surface area contributed by atoms with Crippen molar-refractivity contribution in [1.82, 2.24) is 5.32 Å². The van der Waals surface area contributed by atoms with Crippen molar-refractivity contribution >= 4 is 0 Å². The average Bonchev–Trinajstić information content (AvgIpc) is 2.72. The van der Waals surface area contributed by atoms with Crippen molar-refractivity contribution < 1.29 is 0 Å². The van der Waals surface area contributed by atoms with Crippen molar-refractivity contribution in [1.29, 1.82) is 0 Å². The molecule has 2 fully saturated rings. The zero-order chi connectivity index (χ0) is 10.2. The molecule has 0 bridgehead atoms. The Kier molecular flexibility index (Phi) is 2.63. The van der Waals surface area contributed by atoms with Gasteiger partial charge < -0.3 is 5.32 Å². The summed E-state index contributed by atoms with van der Waals surface area (Å²) in [5, 5.41) is 3.51. The molecule has 2 aliphatic carbocycles. The van der Waals surface area contributed by atoms with Crippen molar-refractivity contribution in [2.75, 3.05) is 13.1 Å². The van der Waals surface area contributed by atoms with Crippen LogP contribution in [0.2, 0.25) is 0 Å². The Morgan fingerprint density at radius 1 is 1.29 bits per heavy atom. The van der Waals surface area contributed by atoms with E-state index < -0.39 is 0 Å². The highest BCUT2D eigenvalue weighted by atomic mass is 14.9. The molecule has 1 nitrogen and oxygen atoms in total. The Morgan fingerprint density at radius 2 is 2.07 bits per heavy atom. The number of hydrogen-bond acceptors (Lipinski definition) is 1. The molecule has 0 amide bonds. The summed E-state index contributed by atoms with van der Waals surface area (Å²) in [6.45, 7) is 9.52. The predicted octanol–water partition coefficient (Wildman–Crippen LogP) is 3.20. The van der Waals surface area contributed by atoms with Gasteiger partial charge in [-0.15, -0.1) is 0 Å². The minimum absolute atomic E-state index is 0.624. The van der Waals surface area contributed by atoms with Crippen LogP contribution in [0.5, 0.6) is 0 Å². The van der Waals surface area contributed by atoms with Gasteiger partial charge in [0.15, 0.2) is 0 Å². The molecule has 2 atom stereocenters. The molecule has 0 saturated heterocycles. The third-order valence-corrected chi connectivity index (χ3v) is 4.36. The fraction of sp³-hybridized carbons (Fsp3) is 1.00. The monoisotopic (exact) mass is 195 g/mol. The lowest BCUT2D eigenvalue weighted by atomic mass is 9.69. The highest BCUT2D eigenvalue weighted by molar-refractivity contribution is 5.07. The van der Waals surface area contributed by atoms with Crippen LogP contribution in [0.25, 0.3) is 0 Å². The standard InChI is InChI=1S/C13H25N/c1-4-14-9-11-8-13(11)7-5-6-12(2,3)10-13/h11,14H,4-10H2,1-3H3. The van der Waals surface area contributed by atoms with Gasteiger partial charge in [-0.05, 0) is 55.5 Å². The first-order valence-electron chi connectivity index (χ1n) is 6.29. The maximum atomic E-state index is 3.51. The van der Waals surface area contributed by atoms with Gasteiger partial charge in [0.25, 0.3) is 0 Å². The highest BCUT2D eigenvalue weighted by Gasteiger charge is 2.56. The van der Waals surface area contributed by atoms with Crippen LogP contribution < -0.4 is 5.32 Å². The Morgan fingerprint density at radius 3 is 2.71 bits per heavy atom. The second-order valence-electron chi connectivity index (χ2n) is 6.27. The van der Waals surface area contributed by atoms with Crippen molar-refractivity contribution in [3.8, 4) is 0 Å². The SMILES string of the molecule is CCNCC1CC12CCCC(C)(C)C2. The van der Waals surface area contributed by atoms with Gasteiger partial charge in [-0.2, -0.15) is 0 Å². The van der Waals surface area contributed by atoms with Gasteiger partial charge in [0.1, 0.15) is 0 Å². The second kappa shape index (κ2) is 3.52. The fourth-order valence-corrected chi connectivity index (χ4v) is 3.61. The second-order valence-corrected chi connectivity index (χ2v) is 6.27. The number of nitrogens with one attached hydrogen (secondary N) is 1. The van der Waals surface area contributed by atoms with Crippen LogP contribution in [-0.2, 0) is 0 Å². The average molecular weight is 195 g/mol. The molecular formula is C13H25N. The minimum atomic E-state index is 0.624. The summed E-state index contributed by atoms with van der Waals surface area (Å²) < 4.78 is 0. The third-order valence-electron chi connectivity index (χ3n) is 4.36. The summed E-state index contributed by atoms with van der Waals surface area (Å²) in [7, 11) is 0. The summed E-state index contributed by atoms with van der Waals surface area (Å²) >= 11 is 0. The zero-order valence-electron chi connectivity index (χ0n) is 10.0. The Bertz CT molecular complexity index is 209. The summed E-state index contributed by atoms with van der Waals surface area (Å²) in [5.41, 5.74) is 1.39. The number of rotatable bonds is 3. The van der Waals surface area contributed by atoms with Gasteiger partial charge in [-0.1, -0.05) is 27.2 Å². The molecule has 1 spiro atoms. The zero-order valence-corrected chi connectivity index (χ0v) is 10.0. The molecule has 0 aromatic heterocycles. The summed E-state index contributed by atoms with van der Waals surface area (Å²) in [5.74, 6) is 1.00. The molecule has 0 radical (unpaired) electrons. The third kappa shape index (κ3) is 1.98. The first-order valence-corrected chi connectivity index (χ1v) is 6.29. The number of hydrogen-bond donors (Lipinski definition) is 1. The Labute approximate surface area is 88.7 Å². The minimum Gasteiger partial charge on any atom is -0.317 e. The van der Waals surface area contributed by atoms with E-state index in [-0.39, 0.29) is 0 Å². The quantitative estimate of drug-likeness (QED) is 0.729. The summed E-state index contributed by atoms with van der Waals surface area (Å²) in [6, 6.07) is 0. The molecular weight excluding hydrogens is 170 g/mol. The lowest BCUT2D eigenvalue weighted by molar-refractivity contribution is 0.152. The molecule has 14 heavy (non-hydrogen) atoms. The van der Waals surface area contributed by atoms with E-state index in [9.17, 15) is 0 Å². The molecule has 1 heteroatoms. The molecule has 2 aliphatic rings. The van der Waals surface area contributed by atoms with Crippen molar-refractivity contribution in [2.24, 2.45) is 16.7 Å². The van der Waals surface area contributed by atoms with Crippen LogP contribution in [0.3, 0.4) is 0 Å². The maximum Gasteiger partial charge on any atom is -0.00151 e. The van der Waals surface area contributed by atoms with E-state index >= 15 is 0 Å². The van der Waals surface area contributed by atoms with Gasteiger partial charge >= 0.3 is 0 Å². The first-order chi connectivity index (χ1) is 6.58. The Hall–Kier alpha value is -0.0400. The van der Waals surface area contributed by atoms with E-state index in [1.807, 2.05) is 0 Å². The molecule has 2 saturated carbocycles. The Balaban J connectivity index is 1.87. The van der Waals surface area contributed by atoms with E-state index in [2.05, 4.69) is 26.1 Å². The topological polar surface area (TPSA) is 12.0 Å². The molecule has 1 N–H and O–H groups in total. The first kappa shape index (κ1) is 10.5. The van der Waals surface area contributed by atoms with E-state index in [0.717, 1.165) is 17.9 Å². The normalized spacial score (nSPS) is 40.1. The van der Waals surface area contributed by atoms with Crippen molar-refractivity contribution in [3.05, 3.63) is 0 Å². The van der Waals surface area contributed by atoms with Gasteiger partial charge in [0.2, 0.25) is 0 Å². The fourth-order valence-electron chi connectivity index (χ4n) is 3.61. The molecule has 0 aromatic carbocycles. The lowest BCUT2D eigenvalue weighted by Gasteiger charge is -2.36. The molecule has 82 valence electrons. The summed E-state index contributed by atoms with van der Waals surface area (Å²) in [6.07, 6.45) is 7.41. The van der Waals surface area contributed by atoms with E-state index in [1.54, 1.807) is 0 Å². The van der Waals surface area contributed by atoms with Crippen molar-refractivity contribution in [2.45, 2.75) is 52.9 Å². The molecule has 0 heterocycles. The smallest absolute Gasteiger partial charge is 0.00151 e. The van der Waals surface area contributed by atoms with Crippen LogP contribution in [0.15, 0.2) is 0 Å². The molecule has 2 unspecified atom stereocenters. The van der Waals surface area contributed by atoms with Gasteiger partial charge in [-0.25, -0.2) is 0 Å². The van der Waals surface area contributed by atoms with E-state index in [0.29, 0.717) is 5.41 Å². The van der Waals surface area contributed by atoms with Crippen LogP contribution >= 0.6 is 0 Å². The van der Waals surface area contributed by atoms with Crippen LogP contribution in [0, 0.1) is 16.7 Å². The van der Waals surface area contributed by atoms with E-state index in [1.165, 1.54) is 38.6 Å². The van der Waals surface area contributed by atoms with Crippen LogP contribution in [0.1, 0.15) is 52.9 Å². The van der Waals surface area contributed by atoms with Crippen molar-refractivity contribution in [3.63, 3.8) is 0 Å². The molecule has 2 rings (SSSR count). The molecule has 0 aromatic rings. The predicted molar refractivity (Wildman–Crippen MR) is 61.3 cm³/mol. The van der Waals surface area contributed by atoms with Crippen LogP contribution in [-0.4, -0.2) is 13.1 Å². The van der Waals surface area contributed by atoms with Gasteiger partial charge in [-0.3, -0.25) is 0 Å². The van der Waals surface area contributed by atoms with Gasteiger partial charge in [0.05, 0.1) is 0 Å². The maximum absolute atomic E-state index is 3.51. The van der Waals surface area contributed by atoms with Crippen LogP contribution in [0.4, 0.5) is 0 Å².